The fraction of sp³-hybridized carbons (Fsp3) is 0.500. The minimum absolute atomic E-state index is 0. The maximum atomic E-state index is 10.8. The molecule has 0 saturated carbocycles. The standard InChI is InChI=1S/C10H15N6O6P.Na/c11-8-5-9(14-2-13-8)16(3-15-5)10-7(18)6(17)4(22-10)1-21-23(12,19)20;/h2-4,6-7,10,17-18H,1H2,(H2,11,13,14)(H3,12,19,20);/q;+1/p-1. The fourth-order valence-electron chi connectivity index (χ4n) is 2.33. The van der Waals surface area contributed by atoms with Crippen LogP contribution in [0, 0.1) is 0 Å². The average Bonchev–Trinajstić information content (AvgIpc) is 3.01. The summed E-state index contributed by atoms with van der Waals surface area (Å²) in [6.45, 7) is -0.532. The monoisotopic (exact) mass is 368 g/mol. The van der Waals surface area contributed by atoms with Crippen molar-refractivity contribution >= 4 is 24.7 Å². The quantitative estimate of drug-likeness (QED) is 0.297. The van der Waals surface area contributed by atoms with E-state index in [0.717, 1.165) is 0 Å². The van der Waals surface area contributed by atoms with Crippen LogP contribution < -0.4 is 45.7 Å². The molecule has 1 fully saturated rings. The Kier molecular flexibility index (Phi) is 5.98. The maximum absolute atomic E-state index is 10.8. The van der Waals surface area contributed by atoms with Crippen molar-refractivity contribution in [2.75, 3.05) is 12.3 Å². The van der Waals surface area contributed by atoms with E-state index in [-0.39, 0.29) is 35.4 Å². The molecule has 3 heterocycles. The number of aromatic nitrogens is 4. The Morgan fingerprint density at radius 3 is 2.75 bits per heavy atom. The Bertz CT molecular complexity index is 769. The van der Waals surface area contributed by atoms with E-state index in [4.69, 9.17) is 16.0 Å². The minimum atomic E-state index is -4.47. The van der Waals surface area contributed by atoms with Crippen molar-refractivity contribution in [3.63, 3.8) is 0 Å². The van der Waals surface area contributed by atoms with Gasteiger partial charge in [-0.15, -0.1) is 0 Å². The summed E-state index contributed by atoms with van der Waals surface area (Å²) in [6.07, 6.45) is -2.36. The van der Waals surface area contributed by atoms with Crippen LogP contribution in [0.25, 0.3) is 11.2 Å². The van der Waals surface area contributed by atoms with Crippen molar-refractivity contribution in [2.24, 2.45) is 5.50 Å². The Morgan fingerprint density at radius 1 is 1.38 bits per heavy atom. The van der Waals surface area contributed by atoms with Gasteiger partial charge in [-0.05, 0) is 0 Å². The summed E-state index contributed by atoms with van der Waals surface area (Å²) in [7, 11) is -4.47. The van der Waals surface area contributed by atoms with Crippen molar-refractivity contribution < 1.29 is 58.5 Å². The van der Waals surface area contributed by atoms with E-state index in [9.17, 15) is 19.7 Å². The van der Waals surface area contributed by atoms with Gasteiger partial charge in [0.05, 0.1) is 12.9 Å². The van der Waals surface area contributed by atoms with Crippen LogP contribution in [0.2, 0.25) is 0 Å². The molecule has 0 aliphatic carbocycles. The average molecular weight is 368 g/mol. The first-order valence-corrected chi connectivity index (χ1v) is 8.08. The fourth-order valence-corrected chi connectivity index (χ4v) is 2.68. The number of hydrogen-bond donors (Lipinski definition) is 4. The molecular weight excluding hydrogens is 354 g/mol. The van der Waals surface area contributed by atoms with Gasteiger partial charge < -0.3 is 30.1 Å². The van der Waals surface area contributed by atoms with E-state index >= 15 is 0 Å². The van der Waals surface area contributed by atoms with Crippen LogP contribution in [0.1, 0.15) is 6.23 Å². The van der Waals surface area contributed by atoms with Gasteiger partial charge in [0, 0.05) is 0 Å². The number of aliphatic hydroxyl groups is 2. The van der Waals surface area contributed by atoms with E-state index < -0.39 is 38.9 Å². The van der Waals surface area contributed by atoms with Gasteiger partial charge in [-0.3, -0.25) is 14.6 Å². The smallest absolute Gasteiger partial charge is 0.766 e. The number of nitrogens with two attached hydrogens (primary N) is 2. The van der Waals surface area contributed by atoms with Crippen molar-refractivity contribution in [2.45, 2.75) is 24.5 Å². The van der Waals surface area contributed by atoms with Gasteiger partial charge in [-0.1, -0.05) is 0 Å². The first-order valence-electron chi connectivity index (χ1n) is 6.46. The molecule has 14 heteroatoms. The molecule has 5 unspecified atom stereocenters. The van der Waals surface area contributed by atoms with Gasteiger partial charge in [0.25, 0.3) is 0 Å². The van der Waals surface area contributed by atoms with Crippen LogP contribution in [-0.4, -0.2) is 54.7 Å². The molecule has 0 aromatic carbocycles. The SMILES string of the molecule is Nc1ncnc2c1ncn2C1OC(COP(N)(=O)[O-])C(O)C1O.[Na+]. The molecule has 1 aliphatic heterocycles. The molecule has 2 aromatic rings. The molecule has 6 N–H and O–H groups in total. The second-order valence-corrected chi connectivity index (χ2v) is 6.30. The molecule has 24 heavy (non-hydrogen) atoms. The van der Waals surface area contributed by atoms with Crippen molar-refractivity contribution in [1.82, 2.24) is 19.5 Å². The number of ether oxygens (including phenoxy) is 1. The zero-order valence-corrected chi connectivity index (χ0v) is 15.5. The normalized spacial score (nSPS) is 29.3. The minimum Gasteiger partial charge on any atom is -0.766 e. The zero-order chi connectivity index (χ0) is 16.8. The number of nitrogens with zero attached hydrogens (tertiary/aromatic N) is 4. The predicted octanol–water partition coefficient (Wildman–Crippen LogP) is -5.52. The second-order valence-electron chi connectivity index (χ2n) is 4.96. The summed E-state index contributed by atoms with van der Waals surface area (Å²) in [5.74, 6) is 0.150. The second kappa shape index (κ2) is 7.30. The van der Waals surface area contributed by atoms with Crippen LogP contribution in [0.3, 0.4) is 0 Å². The number of rotatable bonds is 4. The Balaban J connectivity index is 0.00000208. The summed E-state index contributed by atoms with van der Waals surface area (Å²) in [5, 5.41) is 20.1. The summed E-state index contributed by atoms with van der Waals surface area (Å²) in [5.41, 5.74) is 11.0. The van der Waals surface area contributed by atoms with E-state index in [0.29, 0.717) is 11.2 Å². The van der Waals surface area contributed by atoms with Crippen LogP contribution in [0.4, 0.5) is 5.82 Å². The van der Waals surface area contributed by atoms with Crippen LogP contribution in [0.5, 0.6) is 0 Å². The summed E-state index contributed by atoms with van der Waals surface area (Å²) >= 11 is 0. The van der Waals surface area contributed by atoms with Gasteiger partial charge in [0.1, 0.15) is 30.2 Å². The molecule has 126 valence electrons. The number of imidazole rings is 1. The molecule has 12 nitrogen and oxygen atoms in total. The zero-order valence-electron chi connectivity index (χ0n) is 12.6. The van der Waals surface area contributed by atoms with Gasteiger partial charge in [-0.2, -0.15) is 0 Å². The molecule has 0 bridgehead atoms. The van der Waals surface area contributed by atoms with Gasteiger partial charge >= 0.3 is 29.6 Å². The summed E-state index contributed by atoms with van der Waals surface area (Å²) < 4.78 is 22.1. The molecule has 1 saturated heterocycles. The predicted molar refractivity (Wildman–Crippen MR) is 73.4 cm³/mol. The van der Waals surface area contributed by atoms with E-state index in [1.165, 1.54) is 17.2 Å². The van der Waals surface area contributed by atoms with Crippen LogP contribution in [0.15, 0.2) is 12.7 Å². The third kappa shape index (κ3) is 3.78. The molecule has 0 amide bonds. The number of fused-ring (bicyclic) bond motifs is 1. The molecule has 0 spiro atoms. The number of hydrogen-bond acceptors (Lipinski definition) is 10. The van der Waals surface area contributed by atoms with Crippen LogP contribution in [-0.2, 0) is 13.8 Å². The number of anilines is 1. The van der Waals surface area contributed by atoms with Crippen molar-refractivity contribution in [3.8, 4) is 0 Å². The maximum Gasteiger partial charge on any atom is 1.00 e. The molecule has 5 atom stereocenters. The van der Waals surface area contributed by atoms with Crippen molar-refractivity contribution in [1.29, 1.82) is 0 Å². The molecule has 3 rings (SSSR count). The number of nitrogen functional groups attached to an aromatic ring is 1. The first-order chi connectivity index (χ1) is 10.8. The van der Waals surface area contributed by atoms with Crippen LogP contribution >= 0.6 is 7.75 Å². The topological polar surface area (TPSA) is 195 Å². The Labute approximate surface area is 157 Å². The summed E-state index contributed by atoms with van der Waals surface area (Å²) in [4.78, 5) is 22.7. The molecular formula is C10H14N6NaO6P. The third-order valence-corrected chi connectivity index (χ3v) is 3.93. The first kappa shape index (κ1) is 19.7. The van der Waals surface area contributed by atoms with Gasteiger partial charge in [0.15, 0.2) is 17.7 Å². The molecule has 0 radical (unpaired) electrons. The Hall–Kier alpha value is -0.660. The number of aliphatic hydroxyl groups excluding tert-OH is 2. The largest absolute Gasteiger partial charge is 1.00 e. The van der Waals surface area contributed by atoms with Crippen molar-refractivity contribution in [3.05, 3.63) is 12.7 Å². The molecule has 2 aromatic heterocycles. The van der Waals surface area contributed by atoms with E-state index in [2.05, 4.69) is 19.5 Å². The molecule has 1 aliphatic rings. The Morgan fingerprint density at radius 2 is 2.08 bits per heavy atom. The van der Waals surface area contributed by atoms with E-state index in [1.807, 2.05) is 0 Å². The van der Waals surface area contributed by atoms with Gasteiger partial charge in [0.2, 0.25) is 7.75 Å². The summed E-state index contributed by atoms with van der Waals surface area (Å²) in [6, 6.07) is 0. The van der Waals surface area contributed by atoms with E-state index in [1.54, 1.807) is 0 Å². The van der Waals surface area contributed by atoms with Gasteiger partial charge in [-0.25, -0.2) is 15.0 Å². The third-order valence-electron chi connectivity index (χ3n) is 3.42.